The number of carbonyl (C=O) groups excluding carboxylic acids is 2. The summed E-state index contributed by atoms with van der Waals surface area (Å²) in [6, 6.07) is 16.6. The number of amides is 1. The first kappa shape index (κ1) is 26.8. The average Bonchev–Trinajstić information content (AvgIpc) is 3.20. The number of carbonyl (C=O) groups is 2. The number of cyclic esters (lactones) is 1. The van der Waals surface area contributed by atoms with Gasteiger partial charge in [0.2, 0.25) is 0 Å². The third-order valence-corrected chi connectivity index (χ3v) is 7.26. The third-order valence-electron chi connectivity index (χ3n) is 6.49. The summed E-state index contributed by atoms with van der Waals surface area (Å²) in [7, 11) is 1.52. The number of hydrogen-bond donors (Lipinski definition) is 2. The van der Waals surface area contributed by atoms with Crippen LogP contribution in [0.2, 0.25) is 0 Å². The first-order valence-corrected chi connectivity index (χ1v) is 12.7. The summed E-state index contributed by atoms with van der Waals surface area (Å²) in [5, 5.41) is 14.8. The van der Waals surface area contributed by atoms with Crippen LogP contribution in [0.3, 0.4) is 0 Å². The standard InChI is InChI=1S/C29H29BrFNO5/c1-28(2,14-19-12-21(31)8-11-25(19)36-3)17-29(35,15-18-6-4-5-7-24(18)30)27(34)32-22-9-10-23-20(13-22)16-37-26(23)33/h4-13,35H,14-17H2,1-3H3,(H,32,34). The van der Waals surface area contributed by atoms with Gasteiger partial charge in [-0.25, -0.2) is 9.18 Å². The van der Waals surface area contributed by atoms with Crippen LogP contribution in [-0.4, -0.2) is 29.7 Å². The number of aliphatic hydroxyl groups is 1. The molecule has 0 aromatic heterocycles. The lowest BCUT2D eigenvalue weighted by Crippen LogP contribution is -2.48. The summed E-state index contributed by atoms with van der Waals surface area (Å²) in [4.78, 5) is 25.4. The Morgan fingerprint density at radius 2 is 1.86 bits per heavy atom. The second-order valence-electron chi connectivity index (χ2n) is 10.2. The molecule has 3 aromatic carbocycles. The van der Waals surface area contributed by atoms with Gasteiger partial charge in [0.05, 0.1) is 12.7 Å². The summed E-state index contributed by atoms with van der Waals surface area (Å²) in [5.74, 6) is -0.810. The Hall–Kier alpha value is -3.23. The SMILES string of the molecule is COc1ccc(F)cc1CC(C)(C)CC(O)(Cc1ccccc1Br)C(=O)Nc1ccc2c(c1)COC2=O. The van der Waals surface area contributed by atoms with Crippen molar-refractivity contribution in [1.82, 2.24) is 0 Å². The lowest BCUT2D eigenvalue weighted by Gasteiger charge is -2.36. The van der Waals surface area contributed by atoms with Gasteiger partial charge in [-0.3, -0.25) is 4.79 Å². The van der Waals surface area contributed by atoms with Crippen molar-refractivity contribution in [2.75, 3.05) is 12.4 Å². The summed E-state index contributed by atoms with van der Waals surface area (Å²) in [5.41, 5.74) is 0.595. The van der Waals surface area contributed by atoms with E-state index in [4.69, 9.17) is 9.47 Å². The molecule has 1 atom stereocenters. The molecule has 194 valence electrons. The lowest BCUT2D eigenvalue weighted by molar-refractivity contribution is -0.137. The van der Waals surface area contributed by atoms with Crippen LogP contribution in [0.1, 0.15) is 47.3 Å². The van der Waals surface area contributed by atoms with Crippen LogP contribution in [-0.2, 0) is 29.0 Å². The normalized spacial score (nSPS) is 14.5. The van der Waals surface area contributed by atoms with Gasteiger partial charge in [-0.1, -0.05) is 48.0 Å². The highest BCUT2D eigenvalue weighted by Gasteiger charge is 2.42. The number of methoxy groups -OCH3 is 1. The zero-order chi connectivity index (χ0) is 26.8. The number of benzene rings is 3. The molecule has 1 unspecified atom stereocenters. The van der Waals surface area contributed by atoms with E-state index in [1.807, 2.05) is 38.1 Å². The molecular formula is C29H29BrFNO5. The van der Waals surface area contributed by atoms with Gasteiger partial charge in [-0.15, -0.1) is 0 Å². The van der Waals surface area contributed by atoms with Gasteiger partial charge < -0.3 is 19.9 Å². The van der Waals surface area contributed by atoms with E-state index in [1.165, 1.54) is 19.2 Å². The molecule has 0 bridgehead atoms. The maximum Gasteiger partial charge on any atom is 0.338 e. The van der Waals surface area contributed by atoms with Crippen molar-refractivity contribution in [3.8, 4) is 5.75 Å². The summed E-state index contributed by atoms with van der Waals surface area (Å²) in [6.07, 6.45) is 0.508. The molecule has 37 heavy (non-hydrogen) atoms. The molecule has 1 heterocycles. The van der Waals surface area contributed by atoms with Crippen molar-refractivity contribution in [2.45, 2.75) is 45.3 Å². The van der Waals surface area contributed by atoms with Crippen molar-refractivity contribution >= 4 is 33.5 Å². The van der Waals surface area contributed by atoms with Crippen LogP contribution in [0.25, 0.3) is 0 Å². The molecule has 0 fully saturated rings. The molecule has 0 radical (unpaired) electrons. The Morgan fingerprint density at radius 1 is 1.11 bits per heavy atom. The molecule has 0 saturated heterocycles. The van der Waals surface area contributed by atoms with E-state index in [0.29, 0.717) is 34.5 Å². The minimum Gasteiger partial charge on any atom is -0.496 e. The number of esters is 1. The molecular weight excluding hydrogens is 541 g/mol. The summed E-state index contributed by atoms with van der Waals surface area (Å²) in [6.45, 7) is 3.99. The molecule has 0 saturated carbocycles. The van der Waals surface area contributed by atoms with Crippen LogP contribution in [0, 0.1) is 11.2 Å². The van der Waals surface area contributed by atoms with Crippen LogP contribution in [0.5, 0.6) is 5.75 Å². The number of rotatable bonds is 9. The maximum absolute atomic E-state index is 14.0. The predicted octanol–water partition coefficient (Wildman–Crippen LogP) is 5.84. The van der Waals surface area contributed by atoms with Crippen LogP contribution >= 0.6 is 15.9 Å². The highest BCUT2D eigenvalue weighted by molar-refractivity contribution is 9.10. The molecule has 2 N–H and O–H groups in total. The van der Waals surface area contributed by atoms with Crippen LogP contribution in [0.15, 0.2) is 65.1 Å². The van der Waals surface area contributed by atoms with Crippen molar-refractivity contribution in [2.24, 2.45) is 5.41 Å². The molecule has 4 rings (SSSR count). The number of anilines is 1. The summed E-state index contributed by atoms with van der Waals surface area (Å²) < 4.78 is 25.2. The highest BCUT2D eigenvalue weighted by atomic mass is 79.9. The molecule has 0 aliphatic carbocycles. The van der Waals surface area contributed by atoms with Crippen molar-refractivity contribution in [3.05, 3.63) is 93.2 Å². The fraction of sp³-hybridized carbons (Fsp3) is 0.310. The van der Waals surface area contributed by atoms with Crippen LogP contribution < -0.4 is 10.1 Å². The van der Waals surface area contributed by atoms with Crippen LogP contribution in [0.4, 0.5) is 10.1 Å². The van der Waals surface area contributed by atoms with E-state index in [2.05, 4.69) is 21.2 Å². The van der Waals surface area contributed by atoms with Gasteiger partial charge in [0.1, 0.15) is 23.8 Å². The molecule has 0 spiro atoms. The number of halogens is 2. The number of nitrogens with one attached hydrogen (secondary N) is 1. The second kappa shape index (κ2) is 10.6. The largest absolute Gasteiger partial charge is 0.496 e. The Kier molecular flexibility index (Phi) is 7.71. The molecule has 1 aliphatic rings. The fourth-order valence-corrected chi connectivity index (χ4v) is 5.32. The minimum atomic E-state index is -1.81. The molecule has 6 nitrogen and oxygen atoms in total. The van der Waals surface area contributed by atoms with E-state index < -0.39 is 22.9 Å². The second-order valence-corrected chi connectivity index (χ2v) is 11.0. The average molecular weight is 570 g/mol. The van der Waals surface area contributed by atoms with Crippen molar-refractivity contribution in [3.63, 3.8) is 0 Å². The molecule has 1 amide bonds. The molecule has 1 aliphatic heterocycles. The molecule has 8 heteroatoms. The quantitative estimate of drug-likeness (QED) is 0.316. The Bertz CT molecular complexity index is 1340. The van der Waals surface area contributed by atoms with Gasteiger partial charge in [0, 0.05) is 22.1 Å². The van der Waals surface area contributed by atoms with Gasteiger partial charge >= 0.3 is 5.97 Å². The number of ether oxygens (including phenoxy) is 2. The van der Waals surface area contributed by atoms with E-state index in [1.54, 1.807) is 24.3 Å². The number of fused-ring (bicyclic) bond motifs is 1. The first-order chi connectivity index (χ1) is 17.5. The van der Waals surface area contributed by atoms with Gasteiger partial charge in [0.25, 0.3) is 5.91 Å². The van der Waals surface area contributed by atoms with Gasteiger partial charge in [0.15, 0.2) is 0 Å². The minimum absolute atomic E-state index is 0.0521. The van der Waals surface area contributed by atoms with E-state index in [-0.39, 0.29) is 25.3 Å². The maximum atomic E-state index is 14.0. The molecule has 3 aromatic rings. The monoisotopic (exact) mass is 569 g/mol. The topological polar surface area (TPSA) is 84.9 Å². The van der Waals surface area contributed by atoms with E-state index in [0.717, 1.165) is 10.0 Å². The predicted molar refractivity (Wildman–Crippen MR) is 142 cm³/mol. The van der Waals surface area contributed by atoms with E-state index in [9.17, 15) is 19.1 Å². The Morgan fingerprint density at radius 3 is 2.59 bits per heavy atom. The van der Waals surface area contributed by atoms with Gasteiger partial charge in [-0.2, -0.15) is 0 Å². The Balaban J connectivity index is 1.63. The summed E-state index contributed by atoms with van der Waals surface area (Å²) >= 11 is 3.52. The first-order valence-electron chi connectivity index (χ1n) is 11.9. The zero-order valence-electron chi connectivity index (χ0n) is 20.9. The van der Waals surface area contributed by atoms with Gasteiger partial charge in [-0.05, 0) is 71.8 Å². The number of hydrogen-bond acceptors (Lipinski definition) is 5. The third kappa shape index (κ3) is 6.19. The lowest BCUT2D eigenvalue weighted by atomic mass is 9.73. The van der Waals surface area contributed by atoms with Crippen molar-refractivity contribution in [1.29, 1.82) is 0 Å². The van der Waals surface area contributed by atoms with E-state index >= 15 is 0 Å². The fourth-order valence-electron chi connectivity index (χ4n) is 4.89. The Labute approximate surface area is 223 Å². The van der Waals surface area contributed by atoms with Crippen molar-refractivity contribution < 1.29 is 28.6 Å². The zero-order valence-corrected chi connectivity index (χ0v) is 22.5. The highest BCUT2D eigenvalue weighted by Crippen LogP contribution is 2.38. The smallest absolute Gasteiger partial charge is 0.338 e.